The summed E-state index contributed by atoms with van der Waals surface area (Å²) in [5.41, 5.74) is 2.78. The fourth-order valence-corrected chi connectivity index (χ4v) is 3.57. The van der Waals surface area contributed by atoms with Gasteiger partial charge in [0, 0.05) is 13.1 Å². The van der Waals surface area contributed by atoms with Gasteiger partial charge in [-0.3, -0.25) is 0 Å². The number of methoxy groups -OCH3 is 2. The lowest BCUT2D eigenvalue weighted by atomic mass is 9.90. The number of piperidine rings is 1. The van der Waals surface area contributed by atoms with Gasteiger partial charge in [0.15, 0.2) is 11.5 Å². The van der Waals surface area contributed by atoms with E-state index in [1.807, 2.05) is 6.07 Å². The monoisotopic (exact) mass is 325 g/mol. The van der Waals surface area contributed by atoms with Gasteiger partial charge in [0.25, 0.3) is 0 Å². The Morgan fingerprint density at radius 1 is 1.00 bits per heavy atom. The zero-order chi connectivity index (χ0) is 16.8. The van der Waals surface area contributed by atoms with Crippen LogP contribution in [0.4, 0.5) is 0 Å². The summed E-state index contributed by atoms with van der Waals surface area (Å²) >= 11 is 0. The minimum atomic E-state index is 0.578. The van der Waals surface area contributed by atoms with E-state index in [9.17, 15) is 0 Å². The van der Waals surface area contributed by atoms with Gasteiger partial charge in [-0.25, -0.2) is 0 Å². The normalized spacial score (nSPS) is 18.3. The van der Waals surface area contributed by atoms with E-state index in [1.54, 1.807) is 14.2 Å². The van der Waals surface area contributed by atoms with Gasteiger partial charge in [0.1, 0.15) is 0 Å². The summed E-state index contributed by atoms with van der Waals surface area (Å²) in [6, 6.07) is 17.1. The summed E-state index contributed by atoms with van der Waals surface area (Å²) < 4.78 is 10.8. The number of benzene rings is 2. The standard InChI is InChI=1S/C21H27NO2/c1-23-20-11-10-18(15-21(20)24-2)19-9-6-13-22(16-19)14-12-17-7-4-3-5-8-17/h3-5,7-8,10-11,15,19H,6,9,12-14,16H2,1-2H3. The third kappa shape index (κ3) is 4.09. The molecule has 2 aromatic carbocycles. The second kappa shape index (κ2) is 8.20. The molecular formula is C21H27NO2. The molecule has 0 amide bonds. The molecule has 3 nitrogen and oxygen atoms in total. The topological polar surface area (TPSA) is 21.7 Å². The molecule has 0 N–H and O–H groups in total. The van der Waals surface area contributed by atoms with Crippen LogP contribution in [0.1, 0.15) is 29.9 Å². The summed E-state index contributed by atoms with van der Waals surface area (Å²) in [6.07, 6.45) is 3.63. The molecule has 0 aromatic heterocycles. The van der Waals surface area contributed by atoms with Gasteiger partial charge < -0.3 is 14.4 Å². The Morgan fingerprint density at radius 2 is 1.79 bits per heavy atom. The molecule has 3 heteroatoms. The van der Waals surface area contributed by atoms with Gasteiger partial charge in [-0.05, 0) is 55.0 Å². The van der Waals surface area contributed by atoms with Crippen molar-refractivity contribution in [1.29, 1.82) is 0 Å². The fraction of sp³-hybridized carbons (Fsp3) is 0.429. The van der Waals surface area contributed by atoms with Crippen molar-refractivity contribution in [1.82, 2.24) is 4.90 Å². The zero-order valence-corrected chi connectivity index (χ0v) is 14.7. The van der Waals surface area contributed by atoms with Crippen LogP contribution >= 0.6 is 0 Å². The quantitative estimate of drug-likeness (QED) is 0.797. The molecular weight excluding hydrogens is 298 g/mol. The first-order valence-electron chi connectivity index (χ1n) is 8.78. The van der Waals surface area contributed by atoms with Crippen LogP contribution in [0.25, 0.3) is 0 Å². The molecule has 1 heterocycles. The van der Waals surface area contributed by atoms with Crippen molar-refractivity contribution in [3.8, 4) is 11.5 Å². The molecule has 3 rings (SSSR count). The van der Waals surface area contributed by atoms with E-state index < -0.39 is 0 Å². The number of likely N-dealkylation sites (tertiary alicyclic amines) is 1. The first-order valence-corrected chi connectivity index (χ1v) is 8.78. The zero-order valence-electron chi connectivity index (χ0n) is 14.7. The maximum absolute atomic E-state index is 5.46. The molecule has 1 fully saturated rings. The van der Waals surface area contributed by atoms with E-state index in [4.69, 9.17) is 9.47 Å². The third-order valence-electron chi connectivity index (χ3n) is 4.94. The Balaban J connectivity index is 1.63. The van der Waals surface area contributed by atoms with Gasteiger partial charge in [-0.1, -0.05) is 36.4 Å². The van der Waals surface area contributed by atoms with Crippen molar-refractivity contribution in [2.45, 2.75) is 25.2 Å². The van der Waals surface area contributed by atoms with Crippen molar-refractivity contribution >= 4 is 0 Å². The van der Waals surface area contributed by atoms with Crippen LogP contribution in [0.2, 0.25) is 0 Å². The highest BCUT2D eigenvalue weighted by molar-refractivity contribution is 5.44. The van der Waals surface area contributed by atoms with Crippen molar-refractivity contribution in [2.24, 2.45) is 0 Å². The predicted molar refractivity (Wildman–Crippen MR) is 98.1 cm³/mol. The van der Waals surface area contributed by atoms with E-state index in [0.717, 1.165) is 31.0 Å². The highest BCUT2D eigenvalue weighted by Gasteiger charge is 2.22. The maximum Gasteiger partial charge on any atom is 0.160 e. The van der Waals surface area contributed by atoms with Crippen LogP contribution in [-0.4, -0.2) is 38.8 Å². The van der Waals surface area contributed by atoms with E-state index in [2.05, 4.69) is 47.4 Å². The summed E-state index contributed by atoms with van der Waals surface area (Å²) in [4.78, 5) is 2.60. The Labute approximate surface area is 145 Å². The molecule has 0 bridgehead atoms. The molecule has 2 aromatic rings. The van der Waals surface area contributed by atoms with Crippen LogP contribution in [0, 0.1) is 0 Å². The summed E-state index contributed by atoms with van der Waals surface area (Å²) in [6.45, 7) is 3.47. The molecule has 0 radical (unpaired) electrons. The highest BCUT2D eigenvalue weighted by atomic mass is 16.5. The lowest BCUT2D eigenvalue weighted by Crippen LogP contribution is -2.35. The molecule has 1 unspecified atom stereocenters. The summed E-state index contributed by atoms with van der Waals surface area (Å²) in [5.74, 6) is 2.21. The maximum atomic E-state index is 5.46. The smallest absolute Gasteiger partial charge is 0.160 e. The number of hydrogen-bond acceptors (Lipinski definition) is 3. The van der Waals surface area contributed by atoms with Gasteiger partial charge in [0.05, 0.1) is 14.2 Å². The molecule has 1 aliphatic heterocycles. The van der Waals surface area contributed by atoms with Gasteiger partial charge >= 0.3 is 0 Å². The van der Waals surface area contributed by atoms with Crippen LogP contribution in [0.15, 0.2) is 48.5 Å². The lowest BCUT2D eigenvalue weighted by Gasteiger charge is -2.33. The molecule has 1 atom stereocenters. The SMILES string of the molecule is COc1ccc(C2CCCN(CCc3ccccc3)C2)cc1OC. The third-order valence-corrected chi connectivity index (χ3v) is 4.94. The Kier molecular flexibility index (Phi) is 5.76. The lowest BCUT2D eigenvalue weighted by molar-refractivity contribution is 0.210. The van der Waals surface area contributed by atoms with E-state index in [0.29, 0.717) is 5.92 Å². The number of hydrogen-bond donors (Lipinski definition) is 0. The van der Waals surface area contributed by atoms with Gasteiger partial charge in [-0.15, -0.1) is 0 Å². The minimum absolute atomic E-state index is 0.578. The highest BCUT2D eigenvalue weighted by Crippen LogP contribution is 2.34. The Bertz CT molecular complexity index is 642. The Hall–Kier alpha value is -2.00. The summed E-state index contributed by atoms with van der Waals surface area (Å²) in [5, 5.41) is 0. The predicted octanol–water partition coefficient (Wildman–Crippen LogP) is 4.13. The fourth-order valence-electron chi connectivity index (χ4n) is 3.57. The van der Waals surface area contributed by atoms with Crippen molar-refractivity contribution in [2.75, 3.05) is 33.9 Å². The van der Waals surface area contributed by atoms with Crippen molar-refractivity contribution < 1.29 is 9.47 Å². The molecule has 1 aliphatic rings. The average molecular weight is 325 g/mol. The molecule has 0 spiro atoms. The van der Waals surface area contributed by atoms with Crippen molar-refractivity contribution in [3.63, 3.8) is 0 Å². The first kappa shape index (κ1) is 16.8. The van der Waals surface area contributed by atoms with Crippen LogP contribution in [0.5, 0.6) is 11.5 Å². The number of ether oxygens (including phenoxy) is 2. The Morgan fingerprint density at radius 3 is 2.54 bits per heavy atom. The summed E-state index contributed by atoms with van der Waals surface area (Å²) in [7, 11) is 3.39. The second-order valence-electron chi connectivity index (χ2n) is 6.49. The molecule has 128 valence electrons. The first-order chi connectivity index (χ1) is 11.8. The van der Waals surface area contributed by atoms with E-state index >= 15 is 0 Å². The number of rotatable bonds is 6. The average Bonchev–Trinajstić information content (AvgIpc) is 2.67. The van der Waals surface area contributed by atoms with E-state index in [-0.39, 0.29) is 0 Å². The molecule has 0 saturated carbocycles. The molecule has 24 heavy (non-hydrogen) atoms. The number of nitrogens with zero attached hydrogens (tertiary/aromatic N) is 1. The van der Waals surface area contributed by atoms with Gasteiger partial charge in [-0.2, -0.15) is 0 Å². The largest absolute Gasteiger partial charge is 0.493 e. The van der Waals surface area contributed by atoms with Crippen LogP contribution in [-0.2, 0) is 6.42 Å². The molecule has 0 aliphatic carbocycles. The second-order valence-corrected chi connectivity index (χ2v) is 6.49. The molecule has 1 saturated heterocycles. The van der Waals surface area contributed by atoms with Crippen LogP contribution < -0.4 is 9.47 Å². The van der Waals surface area contributed by atoms with E-state index in [1.165, 1.54) is 30.5 Å². The minimum Gasteiger partial charge on any atom is -0.493 e. The van der Waals surface area contributed by atoms with Crippen molar-refractivity contribution in [3.05, 3.63) is 59.7 Å². The van der Waals surface area contributed by atoms with Gasteiger partial charge in [0.2, 0.25) is 0 Å². The van der Waals surface area contributed by atoms with Crippen LogP contribution in [0.3, 0.4) is 0 Å².